The summed E-state index contributed by atoms with van der Waals surface area (Å²) in [4.78, 5) is 22.1. The molecule has 1 aromatic heterocycles. The quantitative estimate of drug-likeness (QED) is 0.900. The van der Waals surface area contributed by atoms with Crippen molar-refractivity contribution in [2.45, 2.75) is 44.6 Å². The maximum atomic E-state index is 13.9. The van der Waals surface area contributed by atoms with Gasteiger partial charge >= 0.3 is 0 Å². The van der Waals surface area contributed by atoms with Crippen molar-refractivity contribution < 1.29 is 9.18 Å². The summed E-state index contributed by atoms with van der Waals surface area (Å²) in [5.74, 6) is 1.50. The summed E-state index contributed by atoms with van der Waals surface area (Å²) in [6, 6.07) is 6.66. The van der Waals surface area contributed by atoms with Crippen molar-refractivity contribution >= 4 is 5.91 Å². The monoisotopic (exact) mass is 327 g/mol. The number of carbonyl (C=O) groups is 1. The van der Waals surface area contributed by atoms with Crippen LogP contribution in [0.1, 0.15) is 50.4 Å². The van der Waals surface area contributed by atoms with E-state index in [0.717, 1.165) is 37.5 Å². The first-order valence-electron chi connectivity index (χ1n) is 8.81. The summed E-state index contributed by atoms with van der Waals surface area (Å²) in [5.41, 5.74) is 1.18. The second-order valence-corrected chi connectivity index (χ2v) is 6.89. The summed E-state index contributed by atoms with van der Waals surface area (Å²) >= 11 is 0. The number of aromatic amines is 1. The first kappa shape index (κ1) is 15.4. The van der Waals surface area contributed by atoms with Crippen LogP contribution < -0.4 is 0 Å². The van der Waals surface area contributed by atoms with Crippen molar-refractivity contribution in [3.05, 3.63) is 42.1 Å². The van der Waals surface area contributed by atoms with Crippen molar-refractivity contribution in [3.63, 3.8) is 0 Å². The Morgan fingerprint density at radius 3 is 2.92 bits per heavy atom. The Bertz CT molecular complexity index is 738. The molecule has 0 bridgehead atoms. The molecule has 1 saturated heterocycles. The molecule has 1 aliphatic heterocycles. The Labute approximate surface area is 141 Å². The van der Waals surface area contributed by atoms with Crippen molar-refractivity contribution in [2.75, 3.05) is 6.54 Å². The molecule has 1 saturated carbocycles. The van der Waals surface area contributed by atoms with Gasteiger partial charge in [0.2, 0.25) is 5.91 Å². The highest BCUT2D eigenvalue weighted by Crippen LogP contribution is 2.36. The van der Waals surface area contributed by atoms with Crippen LogP contribution in [0.5, 0.6) is 0 Å². The lowest BCUT2D eigenvalue weighted by molar-refractivity contribution is -0.132. The number of hydrogen-bond donors (Lipinski definition) is 1. The minimum absolute atomic E-state index is 0.00257. The Hall–Kier alpha value is -2.17. The molecule has 126 valence electrons. The van der Waals surface area contributed by atoms with Crippen molar-refractivity contribution in [1.29, 1.82) is 0 Å². The zero-order valence-electron chi connectivity index (χ0n) is 13.7. The van der Waals surface area contributed by atoms with Gasteiger partial charge in [-0.2, -0.15) is 0 Å². The molecule has 4 rings (SSSR count). The minimum atomic E-state index is -0.267. The number of aromatic nitrogens is 2. The predicted molar refractivity (Wildman–Crippen MR) is 89.6 cm³/mol. The molecule has 1 amide bonds. The zero-order chi connectivity index (χ0) is 16.5. The van der Waals surface area contributed by atoms with E-state index < -0.39 is 0 Å². The number of carbonyl (C=O) groups excluding carboxylic acids is 1. The number of rotatable bonds is 5. The standard InChI is InChI=1S/C19H22FN3O/c20-15-5-2-1-4-14(15)16-12-21-19(22-16)17-6-3-11-23(17)18(24)10-9-13-7-8-13/h1-2,4-5,12-13,17H,3,6-11H2,(H,21,22)/t17-/m0/s1. The summed E-state index contributed by atoms with van der Waals surface area (Å²) in [6.07, 6.45) is 7.79. The van der Waals surface area contributed by atoms with Crippen molar-refractivity contribution in [1.82, 2.24) is 14.9 Å². The molecule has 1 aromatic carbocycles. The second-order valence-electron chi connectivity index (χ2n) is 6.89. The molecule has 1 atom stereocenters. The number of nitrogens with zero attached hydrogens (tertiary/aromatic N) is 2. The summed E-state index contributed by atoms with van der Waals surface area (Å²) in [7, 11) is 0. The third kappa shape index (κ3) is 3.07. The van der Waals surface area contributed by atoms with Crippen LogP contribution in [0, 0.1) is 11.7 Å². The number of benzene rings is 1. The van der Waals surface area contributed by atoms with Gasteiger partial charge in [-0.15, -0.1) is 0 Å². The van der Waals surface area contributed by atoms with Crippen LogP contribution >= 0.6 is 0 Å². The van der Waals surface area contributed by atoms with Gasteiger partial charge in [0.05, 0.1) is 17.9 Å². The SMILES string of the molecule is O=C(CCC1CC1)N1CCC[C@H]1c1ncc(-c2ccccc2F)[nH]1. The van der Waals surface area contributed by atoms with E-state index in [1.807, 2.05) is 11.0 Å². The fraction of sp³-hybridized carbons (Fsp3) is 0.474. The smallest absolute Gasteiger partial charge is 0.223 e. The normalized spacial score (nSPS) is 20.5. The molecule has 4 nitrogen and oxygen atoms in total. The molecule has 2 aromatic rings. The van der Waals surface area contributed by atoms with E-state index in [2.05, 4.69) is 9.97 Å². The number of H-pyrrole nitrogens is 1. The van der Waals surface area contributed by atoms with Gasteiger partial charge in [0.25, 0.3) is 0 Å². The van der Waals surface area contributed by atoms with Crippen LogP contribution in [0.25, 0.3) is 11.3 Å². The third-order valence-corrected chi connectivity index (χ3v) is 5.11. The van der Waals surface area contributed by atoms with Crippen LogP contribution in [-0.4, -0.2) is 27.3 Å². The lowest BCUT2D eigenvalue weighted by atomic mass is 10.1. The van der Waals surface area contributed by atoms with Crippen LogP contribution in [0.2, 0.25) is 0 Å². The highest BCUT2D eigenvalue weighted by molar-refractivity contribution is 5.77. The Morgan fingerprint density at radius 1 is 1.29 bits per heavy atom. The molecule has 24 heavy (non-hydrogen) atoms. The largest absolute Gasteiger partial charge is 0.340 e. The molecule has 0 unspecified atom stereocenters. The molecule has 0 spiro atoms. The third-order valence-electron chi connectivity index (χ3n) is 5.11. The number of imidazole rings is 1. The molecule has 0 radical (unpaired) electrons. The maximum absolute atomic E-state index is 13.9. The van der Waals surface area contributed by atoms with E-state index in [1.165, 1.54) is 18.9 Å². The number of likely N-dealkylation sites (tertiary alicyclic amines) is 1. The van der Waals surface area contributed by atoms with E-state index in [1.54, 1.807) is 18.3 Å². The van der Waals surface area contributed by atoms with E-state index in [-0.39, 0.29) is 17.8 Å². The zero-order valence-corrected chi connectivity index (χ0v) is 13.7. The number of nitrogens with one attached hydrogen (secondary N) is 1. The fourth-order valence-corrected chi connectivity index (χ4v) is 3.55. The van der Waals surface area contributed by atoms with Gasteiger partial charge < -0.3 is 9.88 Å². The fourth-order valence-electron chi connectivity index (χ4n) is 3.55. The minimum Gasteiger partial charge on any atom is -0.340 e. The van der Waals surface area contributed by atoms with E-state index >= 15 is 0 Å². The van der Waals surface area contributed by atoms with Crippen molar-refractivity contribution in [3.8, 4) is 11.3 Å². The van der Waals surface area contributed by atoms with Gasteiger partial charge in [-0.25, -0.2) is 9.37 Å². The van der Waals surface area contributed by atoms with Crippen LogP contribution in [0.3, 0.4) is 0 Å². The van der Waals surface area contributed by atoms with E-state index in [4.69, 9.17) is 0 Å². The van der Waals surface area contributed by atoms with Gasteiger partial charge in [0.15, 0.2) is 0 Å². The predicted octanol–water partition coefficient (Wildman–Crippen LogP) is 4.07. The molecular weight excluding hydrogens is 305 g/mol. The van der Waals surface area contributed by atoms with Gasteiger partial charge in [-0.1, -0.05) is 25.0 Å². The van der Waals surface area contributed by atoms with Crippen LogP contribution in [-0.2, 0) is 4.79 Å². The lowest BCUT2D eigenvalue weighted by Crippen LogP contribution is -2.30. The van der Waals surface area contributed by atoms with Gasteiger partial charge in [0, 0.05) is 18.5 Å². The van der Waals surface area contributed by atoms with E-state index in [9.17, 15) is 9.18 Å². The van der Waals surface area contributed by atoms with Crippen LogP contribution in [0.4, 0.5) is 4.39 Å². The highest BCUT2D eigenvalue weighted by atomic mass is 19.1. The topological polar surface area (TPSA) is 49.0 Å². The molecule has 2 heterocycles. The Balaban J connectivity index is 1.50. The van der Waals surface area contributed by atoms with Crippen molar-refractivity contribution in [2.24, 2.45) is 5.92 Å². The average molecular weight is 327 g/mol. The van der Waals surface area contributed by atoms with E-state index in [0.29, 0.717) is 17.7 Å². The Kier molecular flexibility index (Phi) is 4.08. The first-order chi connectivity index (χ1) is 11.7. The molecule has 2 aliphatic rings. The first-order valence-corrected chi connectivity index (χ1v) is 8.81. The summed E-state index contributed by atoms with van der Waals surface area (Å²) in [5, 5.41) is 0. The van der Waals surface area contributed by atoms with Gasteiger partial charge in [-0.05, 0) is 37.3 Å². The van der Waals surface area contributed by atoms with Crippen LogP contribution in [0.15, 0.2) is 30.5 Å². The maximum Gasteiger partial charge on any atom is 0.223 e. The lowest BCUT2D eigenvalue weighted by Gasteiger charge is -2.23. The summed E-state index contributed by atoms with van der Waals surface area (Å²) < 4.78 is 13.9. The molecule has 1 aliphatic carbocycles. The average Bonchev–Trinajstić information content (AvgIpc) is 3.09. The van der Waals surface area contributed by atoms with Gasteiger partial charge in [-0.3, -0.25) is 4.79 Å². The summed E-state index contributed by atoms with van der Waals surface area (Å²) in [6.45, 7) is 0.796. The molecule has 2 fully saturated rings. The number of hydrogen-bond acceptors (Lipinski definition) is 2. The Morgan fingerprint density at radius 2 is 2.12 bits per heavy atom. The molecule has 5 heteroatoms. The number of amides is 1. The highest BCUT2D eigenvalue weighted by Gasteiger charge is 2.33. The molecule has 1 N–H and O–H groups in total. The molecular formula is C19H22FN3O. The number of halogens is 1. The second kappa shape index (κ2) is 6.38. The van der Waals surface area contributed by atoms with Gasteiger partial charge in [0.1, 0.15) is 11.6 Å².